The summed E-state index contributed by atoms with van der Waals surface area (Å²) in [6.07, 6.45) is 2.06. The first kappa shape index (κ1) is 10.1. The van der Waals surface area contributed by atoms with E-state index in [2.05, 4.69) is 10.3 Å². The van der Waals surface area contributed by atoms with Gasteiger partial charge in [0.1, 0.15) is 5.52 Å². The van der Waals surface area contributed by atoms with Crippen LogP contribution in [0.2, 0.25) is 0 Å². The third-order valence-electron chi connectivity index (χ3n) is 2.92. The van der Waals surface area contributed by atoms with Gasteiger partial charge < -0.3 is 9.62 Å². The topological polar surface area (TPSA) is 53.8 Å². The zero-order valence-corrected chi connectivity index (χ0v) is 9.83. The lowest BCUT2D eigenvalue weighted by atomic mass is 10.3. The summed E-state index contributed by atoms with van der Waals surface area (Å²) in [5, 5.41) is 20.4. The maximum Gasteiger partial charge on any atom is 0.222 e. The van der Waals surface area contributed by atoms with Crippen molar-refractivity contribution in [2.75, 3.05) is 13.1 Å². The molecule has 0 aliphatic carbocycles. The number of para-hydroxylation sites is 1. The van der Waals surface area contributed by atoms with E-state index in [1.54, 1.807) is 4.45 Å². The van der Waals surface area contributed by atoms with Crippen molar-refractivity contribution >= 4 is 19.9 Å². The molecule has 1 aromatic carbocycles. The summed E-state index contributed by atoms with van der Waals surface area (Å²) in [7, 11) is 0.114. The van der Waals surface area contributed by atoms with Crippen LogP contribution in [0, 0.1) is 5.21 Å². The van der Waals surface area contributed by atoms with Gasteiger partial charge in [0.05, 0.1) is 18.6 Å². The Balaban J connectivity index is 1.94. The van der Waals surface area contributed by atoms with E-state index in [4.69, 9.17) is 0 Å². The molecule has 0 amide bonds. The monoisotopic (exact) mass is 236 g/mol. The largest absolute Gasteiger partial charge is 0.631 e. The summed E-state index contributed by atoms with van der Waals surface area (Å²) in [6, 6.07) is 7.76. The van der Waals surface area contributed by atoms with E-state index >= 15 is 0 Å². The van der Waals surface area contributed by atoms with E-state index in [0.29, 0.717) is 13.1 Å². The Kier molecular flexibility index (Phi) is 2.39. The molecule has 6 heteroatoms. The van der Waals surface area contributed by atoms with E-state index < -0.39 is 0 Å². The van der Waals surface area contributed by atoms with Gasteiger partial charge in [0.2, 0.25) is 8.88 Å². The number of hydrogen-bond donors (Lipinski definition) is 0. The lowest BCUT2D eigenvalue weighted by molar-refractivity contribution is -0.735. The number of hydrogen-bond acceptors (Lipinski definition) is 3. The normalized spacial score (nSPS) is 20.1. The van der Waals surface area contributed by atoms with E-state index in [-0.39, 0.29) is 13.3 Å². The van der Waals surface area contributed by atoms with Crippen LogP contribution in [0.5, 0.6) is 0 Å². The van der Waals surface area contributed by atoms with Crippen LogP contribution in [0.15, 0.2) is 24.3 Å². The van der Waals surface area contributed by atoms with Crippen molar-refractivity contribution in [1.29, 1.82) is 0 Å². The molecule has 2 aromatic rings. The van der Waals surface area contributed by atoms with Crippen molar-refractivity contribution in [2.24, 2.45) is 0 Å². The summed E-state index contributed by atoms with van der Waals surface area (Å²) in [5.41, 5.74) is 1.82. The van der Waals surface area contributed by atoms with Gasteiger partial charge in [-0.25, -0.2) is 0 Å². The lowest BCUT2D eigenvalue weighted by Crippen LogP contribution is -2.30. The van der Waals surface area contributed by atoms with Crippen LogP contribution in [0.1, 0.15) is 12.8 Å². The molecular weight excluding hydrogens is 223 g/mol. The van der Waals surface area contributed by atoms with Gasteiger partial charge in [0.15, 0.2) is 0 Å². The second-order valence-electron chi connectivity index (χ2n) is 4.13. The molecule has 0 N–H and O–H groups in total. The number of aromatic nitrogens is 3. The van der Waals surface area contributed by atoms with Crippen LogP contribution >= 0.6 is 8.88 Å². The second kappa shape index (κ2) is 3.77. The summed E-state index contributed by atoms with van der Waals surface area (Å²) in [6.45, 7) is 1.43. The molecule has 1 atom stereocenters. The van der Waals surface area contributed by atoms with Crippen LogP contribution in [0.4, 0.5) is 0 Å². The molecule has 0 radical (unpaired) electrons. The predicted molar refractivity (Wildman–Crippen MR) is 63.8 cm³/mol. The third-order valence-corrected chi connectivity index (χ3v) is 4.25. The first-order chi connectivity index (χ1) is 7.77. The molecule has 1 unspecified atom stereocenters. The number of hydroxylamine groups is 2. The summed E-state index contributed by atoms with van der Waals surface area (Å²) in [4.78, 5) is 0. The molecular formula is C10H13N4OP. The summed E-state index contributed by atoms with van der Waals surface area (Å²) >= 11 is 0. The number of rotatable bonds is 2. The zero-order chi connectivity index (χ0) is 11.0. The minimum Gasteiger partial charge on any atom is -0.631 e. The van der Waals surface area contributed by atoms with Crippen molar-refractivity contribution in [3.05, 3.63) is 29.5 Å². The number of benzene rings is 1. The molecule has 2 heterocycles. The van der Waals surface area contributed by atoms with Crippen molar-refractivity contribution < 1.29 is 4.42 Å². The highest BCUT2D eigenvalue weighted by Crippen LogP contribution is 2.36. The fourth-order valence-corrected chi connectivity index (χ4v) is 3.30. The molecule has 84 valence electrons. The van der Waals surface area contributed by atoms with E-state index in [9.17, 15) is 5.21 Å². The van der Waals surface area contributed by atoms with E-state index in [1.807, 2.05) is 24.3 Å². The highest BCUT2D eigenvalue weighted by molar-refractivity contribution is 7.29. The fourth-order valence-electron chi connectivity index (χ4n) is 2.06. The number of quaternary nitrogens is 1. The van der Waals surface area contributed by atoms with Gasteiger partial charge in [-0.3, -0.25) is 0 Å². The van der Waals surface area contributed by atoms with E-state index in [0.717, 1.165) is 23.9 Å². The maximum atomic E-state index is 12.3. The molecule has 1 aliphatic heterocycles. The molecule has 1 aliphatic rings. The van der Waals surface area contributed by atoms with Gasteiger partial charge in [0, 0.05) is 12.8 Å². The van der Waals surface area contributed by atoms with Gasteiger partial charge in [-0.2, -0.15) is 4.45 Å². The van der Waals surface area contributed by atoms with Crippen LogP contribution in [0.25, 0.3) is 11.0 Å². The molecule has 16 heavy (non-hydrogen) atoms. The van der Waals surface area contributed by atoms with Gasteiger partial charge in [-0.1, -0.05) is 17.3 Å². The van der Waals surface area contributed by atoms with Crippen LogP contribution < -0.4 is 0 Å². The predicted octanol–water partition coefficient (Wildman–Crippen LogP) is 1.90. The highest BCUT2D eigenvalue weighted by Gasteiger charge is 2.25. The van der Waals surface area contributed by atoms with Crippen molar-refractivity contribution in [2.45, 2.75) is 12.8 Å². The maximum absolute atomic E-state index is 12.3. The zero-order valence-electron chi connectivity index (χ0n) is 8.83. The Morgan fingerprint density at radius 3 is 2.81 bits per heavy atom. The van der Waals surface area contributed by atoms with Crippen LogP contribution in [-0.2, 0) is 0 Å². The second-order valence-corrected chi connectivity index (χ2v) is 5.57. The molecule has 5 nitrogen and oxygen atoms in total. The van der Waals surface area contributed by atoms with Gasteiger partial charge in [-0.15, -0.1) is 5.10 Å². The van der Waals surface area contributed by atoms with Crippen LogP contribution in [0.3, 0.4) is 0 Å². The standard InChI is InChI=1S/C10H13N4OP/c15-14(7-3-4-8-14)16-13-10-6-2-1-5-9(10)11-12-13/h1-2,5-6,16H,3-4,7-8H2. The Morgan fingerprint density at radius 2 is 2.00 bits per heavy atom. The molecule has 0 saturated carbocycles. The molecule has 1 fully saturated rings. The van der Waals surface area contributed by atoms with Crippen molar-refractivity contribution in [3.8, 4) is 0 Å². The third kappa shape index (κ3) is 1.71. The van der Waals surface area contributed by atoms with Gasteiger partial charge in [0.25, 0.3) is 0 Å². The van der Waals surface area contributed by atoms with Gasteiger partial charge >= 0.3 is 0 Å². The quantitative estimate of drug-likeness (QED) is 0.591. The smallest absolute Gasteiger partial charge is 0.222 e. The first-order valence-electron chi connectivity index (χ1n) is 5.44. The fraction of sp³-hybridized carbons (Fsp3) is 0.400. The van der Waals surface area contributed by atoms with Crippen molar-refractivity contribution in [1.82, 2.24) is 14.8 Å². The Hall–Kier alpha value is -1.03. The Bertz CT molecular complexity index is 506. The number of nitrogens with zero attached hydrogens (tertiary/aromatic N) is 4. The number of fused-ring (bicyclic) bond motifs is 1. The van der Waals surface area contributed by atoms with E-state index in [1.165, 1.54) is 0 Å². The Morgan fingerprint density at radius 1 is 1.25 bits per heavy atom. The molecule has 1 saturated heterocycles. The van der Waals surface area contributed by atoms with Crippen molar-refractivity contribution in [3.63, 3.8) is 0 Å². The van der Waals surface area contributed by atoms with Crippen LogP contribution in [-0.4, -0.2) is 32.3 Å². The minimum atomic E-state index is -0.132. The molecule has 3 rings (SSSR count). The van der Waals surface area contributed by atoms with Gasteiger partial charge in [-0.05, 0) is 12.1 Å². The Labute approximate surface area is 95.1 Å². The minimum absolute atomic E-state index is 0.114. The molecule has 0 bridgehead atoms. The summed E-state index contributed by atoms with van der Waals surface area (Å²) < 4.78 is 1.63. The molecule has 1 aromatic heterocycles. The average Bonchev–Trinajstić information content (AvgIpc) is 2.87. The summed E-state index contributed by atoms with van der Waals surface area (Å²) in [5.74, 6) is 0. The first-order valence-corrected chi connectivity index (χ1v) is 6.33. The molecule has 0 spiro atoms. The SMILES string of the molecule is [O-][N+]1(Pn2nnc3ccccc32)CCCC1. The average molecular weight is 236 g/mol. The highest BCUT2D eigenvalue weighted by atomic mass is 31.1. The lowest BCUT2D eigenvalue weighted by Gasteiger charge is -2.36.